The van der Waals surface area contributed by atoms with E-state index in [-0.39, 0.29) is 0 Å². The van der Waals surface area contributed by atoms with Gasteiger partial charge < -0.3 is 10.5 Å². The predicted octanol–water partition coefficient (Wildman–Crippen LogP) is 1.61. The van der Waals surface area contributed by atoms with Crippen LogP contribution in [-0.2, 0) is 4.74 Å². The molecule has 3 heteroatoms. The van der Waals surface area contributed by atoms with E-state index in [9.17, 15) is 0 Å². The van der Waals surface area contributed by atoms with E-state index in [1.807, 2.05) is 0 Å². The number of hydrogen-bond donors (Lipinski definition) is 1. The van der Waals surface area contributed by atoms with E-state index in [4.69, 9.17) is 10.5 Å². The van der Waals surface area contributed by atoms with Gasteiger partial charge in [-0.2, -0.15) is 0 Å². The molecule has 0 aliphatic carbocycles. The van der Waals surface area contributed by atoms with Crippen LogP contribution in [0.4, 0.5) is 0 Å². The molecule has 0 amide bonds. The van der Waals surface area contributed by atoms with Gasteiger partial charge in [-0.25, -0.2) is 0 Å². The third kappa shape index (κ3) is 3.74. The van der Waals surface area contributed by atoms with Crippen molar-refractivity contribution in [2.75, 3.05) is 19.7 Å². The summed E-state index contributed by atoms with van der Waals surface area (Å²) < 4.78 is 5.56. The fourth-order valence-corrected chi connectivity index (χ4v) is 2.50. The molecule has 3 nitrogen and oxygen atoms in total. The van der Waals surface area contributed by atoms with E-state index in [0.29, 0.717) is 18.2 Å². The lowest BCUT2D eigenvalue weighted by Crippen LogP contribution is -2.53. The van der Waals surface area contributed by atoms with Gasteiger partial charge in [-0.15, -0.1) is 0 Å². The minimum Gasteiger partial charge on any atom is -0.376 e. The molecule has 3 atom stereocenters. The number of morpholine rings is 1. The molecule has 0 aromatic heterocycles. The van der Waals surface area contributed by atoms with E-state index in [1.54, 1.807) is 0 Å². The van der Waals surface area contributed by atoms with E-state index in [0.717, 1.165) is 32.5 Å². The molecule has 2 N–H and O–H groups in total. The Morgan fingerprint density at radius 2 is 2.20 bits per heavy atom. The standard InChI is InChI=1S/C12H26N2O/c1-4-6-11(13)12(5-2)14-7-8-15-10(3)9-14/h10-12H,4-9,13H2,1-3H3. The second kappa shape index (κ2) is 6.46. The Balaban J connectivity index is 2.48. The largest absolute Gasteiger partial charge is 0.376 e. The molecule has 0 bridgehead atoms. The number of nitrogens with two attached hydrogens (primary N) is 1. The normalized spacial score (nSPS) is 27.6. The van der Waals surface area contributed by atoms with Gasteiger partial charge in [0.1, 0.15) is 0 Å². The molecule has 1 aliphatic rings. The summed E-state index contributed by atoms with van der Waals surface area (Å²) in [7, 11) is 0. The Morgan fingerprint density at radius 3 is 2.73 bits per heavy atom. The average molecular weight is 214 g/mol. The van der Waals surface area contributed by atoms with E-state index in [2.05, 4.69) is 25.7 Å². The van der Waals surface area contributed by atoms with Crippen molar-refractivity contribution in [2.45, 2.75) is 58.2 Å². The summed E-state index contributed by atoms with van der Waals surface area (Å²) in [6.45, 7) is 9.52. The van der Waals surface area contributed by atoms with Gasteiger partial charge in [0.15, 0.2) is 0 Å². The molecule has 1 saturated heterocycles. The Hall–Kier alpha value is -0.120. The highest BCUT2D eigenvalue weighted by molar-refractivity contribution is 4.83. The molecule has 1 aliphatic heterocycles. The molecule has 0 aromatic carbocycles. The molecule has 15 heavy (non-hydrogen) atoms. The van der Waals surface area contributed by atoms with Crippen molar-refractivity contribution in [3.63, 3.8) is 0 Å². The SMILES string of the molecule is CCCC(N)C(CC)N1CCOC(C)C1. The van der Waals surface area contributed by atoms with Crippen LogP contribution >= 0.6 is 0 Å². The third-order valence-electron chi connectivity index (χ3n) is 3.28. The Kier molecular flexibility index (Phi) is 5.58. The van der Waals surface area contributed by atoms with Gasteiger partial charge in [-0.3, -0.25) is 4.90 Å². The molecule has 1 fully saturated rings. The van der Waals surface area contributed by atoms with Crippen molar-refractivity contribution in [1.29, 1.82) is 0 Å². The summed E-state index contributed by atoms with van der Waals surface area (Å²) in [4.78, 5) is 2.51. The van der Waals surface area contributed by atoms with Gasteiger partial charge in [0.25, 0.3) is 0 Å². The molecule has 3 unspecified atom stereocenters. The Labute approximate surface area is 94.0 Å². The van der Waals surface area contributed by atoms with Gasteiger partial charge in [0.05, 0.1) is 12.7 Å². The van der Waals surface area contributed by atoms with Crippen molar-refractivity contribution in [1.82, 2.24) is 4.90 Å². The highest BCUT2D eigenvalue weighted by Gasteiger charge is 2.26. The quantitative estimate of drug-likeness (QED) is 0.755. The summed E-state index contributed by atoms with van der Waals surface area (Å²) in [6.07, 6.45) is 3.82. The highest BCUT2D eigenvalue weighted by atomic mass is 16.5. The van der Waals surface area contributed by atoms with Crippen LogP contribution in [0, 0.1) is 0 Å². The van der Waals surface area contributed by atoms with E-state index >= 15 is 0 Å². The van der Waals surface area contributed by atoms with Crippen LogP contribution in [0.3, 0.4) is 0 Å². The Morgan fingerprint density at radius 1 is 1.47 bits per heavy atom. The maximum Gasteiger partial charge on any atom is 0.0674 e. The van der Waals surface area contributed by atoms with Crippen molar-refractivity contribution in [3.8, 4) is 0 Å². The summed E-state index contributed by atoms with van der Waals surface area (Å²) in [5.41, 5.74) is 6.23. The lowest BCUT2D eigenvalue weighted by molar-refractivity contribution is -0.0387. The van der Waals surface area contributed by atoms with Crippen LogP contribution in [0.25, 0.3) is 0 Å². The molecule has 90 valence electrons. The van der Waals surface area contributed by atoms with Gasteiger partial charge >= 0.3 is 0 Å². The zero-order valence-corrected chi connectivity index (χ0v) is 10.4. The summed E-state index contributed by atoms with van der Waals surface area (Å²) in [5.74, 6) is 0. The lowest BCUT2D eigenvalue weighted by Gasteiger charge is -2.39. The first-order chi connectivity index (χ1) is 7.19. The van der Waals surface area contributed by atoms with Gasteiger partial charge in [-0.05, 0) is 19.8 Å². The van der Waals surface area contributed by atoms with Crippen LogP contribution in [0.1, 0.15) is 40.0 Å². The first-order valence-electron chi connectivity index (χ1n) is 6.30. The zero-order chi connectivity index (χ0) is 11.3. The van der Waals surface area contributed by atoms with Crippen LogP contribution in [0.2, 0.25) is 0 Å². The van der Waals surface area contributed by atoms with Crippen molar-refractivity contribution < 1.29 is 4.74 Å². The second-order valence-corrected chi connectivity index (χ2v) is 4.60. The van der Waals surface area contributed by atoms with E-state index in [1.165, 1.54) is 6.42 Å². The second-order valence-electron chi connectivity index (χ2n) is 4.60. The smallest absolute Gasteiger partial charge is 0.0674 e. The van der Waals surface area contributed by atoms with Crippen LogP contribution in [-0.4, -0.2) is 42.8 Å². The van der Waals surface area contributed by atoms with Crippen LogP contribution in [0.15, 0.2) is 0 Å². The molecular formula is C12H26N2O. The minimum atomic E-state index is 0.324. The first kappa shape index (κ1) is 12.9. The fourth-order valence-electron chi connectivity index (χ4n) is 2.50. The molecule has 1 rings (SSSR count). The number of ether oxygens (including phenoxy) is 1. The maximum atomic E-state index is 6.23. The molecule has 0 saturated carbocycles. The third-order valence-corrected chi connectivity index (χ3v) is 3.28. The summed E-state index contributed by atoms with van der Waals surface area (Å²) in [5, 5.41) is 0. The van der Waals surface area contributed by atoms with Crippen LogP contribution < -0.4 is 5.73 Å². The van der Waals surface area contributed by atoms with E-state index < -0.39 is 0 Å². The first-order valence-corrected chi connectivity index (χ1v) is 6.30. The number of rotatable bonds is 5. The molecule has 0 radical (unpaired) electrons. The van der Waals surface area contributed by atoms with Crippen LogP contribution in [0.5, 0.6) is 0 Å². The topological polar surface area (TPSA) is 38.5 Å². The van der Waals surface area contributed by atoms with Crippen molar-refractivity contribution >= 4 is 0 Å². The summed E-state index contributed by atoms with van der Waals surface area (Å²) >= 11 is 0. The van der Waals surface area contributed by atoms with Gasteiger partial charge in [0.2, 0.25) is 0 Å². The highest BCUT2D eigenvalue weighted by Crippen LogP contribution is 2.15. The van der Waals surface area contributed by atoms with Crippen molar-refractivity contribution in [2.24, 2.45) is 5.73 Å². The monoisotopic (exact) mass is 214 g/mol. The summed E-state index contributed by atoms with van der Waals surface area (Å²) in [6, 6.07) is 0.863. The predicted molar refractivity (Wildman–Crippen MR) is 63.9 cm³/mol. The maximum absolute atomic E-state index is 6.23. The minimum absolute atomic E-state index is 0.324. The fraction of sp³-hybridized carbons (Fsp3) is 1.00. The molecule has 1 heterocycles. The van der Waals surface area contributed by atoms with Gasteiger partial charge in [-0.1, -0.05) is 20.3 Å². The average Bonchev–Trinajstić information content (AvgIpc) is 2.19. The zero-order valence-electron chi connectivity index (χ0n) is 10.4. The number of hydrogen-bond acceptors (Lipinski definition) is 3. The van der Waals surface area contributed by atoms with Crippen molar-refractivity contribution in [3.05, 3.63) is 0 Å². The molecular weight excluding hydrogens is 188 g/mol. The number of nitrogens with zero attached hydrogens (tertiary/aromatic N) is 1. The lowest BCUT2D eigenvalue weighted by atomic mass is 9.99. The van der Waals surface area contributed by atoms with Gasteiger partial charge in [0, 0.05) is 25.2 Å². The molecule has 0 aromatic rings. The molecule has 0 spiro atoms. The Bertz CT molecular complexity index is 175.